The van der Waals surface area contributed by atoms with Crippen LogP contribution in [-0.2, 0) is 16.6 Å². The minimum Gasteiger partial charge on any atom is -0.451 e. The second-order valence-electron chi connectivity index (χ2n) is 4.00. The van der Waals surface area contributed by atoms with Crippen molar-refractivity contribution in [3.63, 3.8) is 0 Å². The quantitative estimate of drug-likeness (QED) is 0.837. The lowest BCUT2D eigenvalue weighted by Gasteiger charge is -2.06. The lowest BCUT2D eigenvalue weighted by molar-refractivity contribution is 0.470. The van der Waals surface area contributed by atoms with Gasteiger partial charge in [0.2, 0.25) is 0 Å². The van der Waals surface area contributed by atoms with E-state index in [1.165, 1.54) is 12.1 Å². The van der Waals surface area contributed by atoms with Crippen LogP contribution in [0.25, 0.3) is 0 Å². The molecule has 1 heterocycles. The van der Waals surface area contributed by atoms with Crippen molar-refractivity contribution in [2.24, 2.45) is 0 Å². The molecule has 108 valence electrons. The number of sulfonamides is 1. The van der Waals surface area contributed by atoms with Crippen molar-refractivity contribution in [1.82, 2.24) is 5.32 Å². The standard InChI is InChI=1S/C12H12BrClN2O3S/c1-15-7-10-6-11(12(13)19-10)20(17,18)16-9-4-2-3-8(14)5-9/h2-6,15-16H,7H2,1H3. The molecule has 2 aromatic rings. The van der Waals surface area contributed by atoms with Crippen LogP contribution in [0, 0.1) is 0 Å². The minimum absolute atomic E-state index is 0.0442. The van der Waals surface area contributed by atoms with E-state index in [1.54, 1.807) is 25.2 Å². The summed E-state index contributed by atoms with van der Waals surface area (Å²) in [6, 6.07) is 7.94. The van der Waals surface area contributed by atoms with E-state index in [9.17, 15) is 8.42 Å². The molecule has 0 spiro atoms. The van der Waals surface area contributed by atoms with Crippen molar-refractivity contribution in [3.05, 3.63) is 45.8 Å². The second-order valence-corrected chi connectivity index (χ2v) is 6.80. The topological polar surface area (TPSA) is 71.3 Å². The van der Waals surface area contributed by atoms with E-state index < -0.39 is 10.0 Å². The summed E-state index contributed by atoms with van der Waals surface area (Å²) < 4.78 is 32.5. The maximum Gasteiger partial charge on any atom is 0.266 e. The molecule has 0 bridgehead atoms. The number of furan rings is 1. The first-order valence-electron chi connectivity index (χ1n) is 5.63. The Hall–Kier alpha value is -1.02. The Balaban J connectivity index is 2.30. The average Bonchev–Trinajstić information content (AvgIpc) is 2.71. The highest BCUT2D eigenvalue weighted by molar-refractivity contribution is 9.10. The summed E-state index contributed by atoms with van der Waals surface area (Å²) in [7, 11) is -1.99. The Morgan fingerprint density at radius 3 is 2.75 bits per heavy atom. The van der Waals surface area contributed by atoms with E-state index in [2.05, 4.69) is 26.0 Å². The molecule has 1 aromatic carbocycles. The third-order valence-electron chi connectivity index (χ3n) is 2.42. The highest BCUT2D eigenvalue weighted by Crippen LogP contribution is 2.28. The van der Waals surface area contributed by atoms with Crippen LogP contribution >= 0.6 is 27.5 Å². The predicted molar refractivity (Wildman–Crippen MR) is 81.4 cm³/mol. The van der Waals surface area contributed by atoms with Crippen molar-refractivity contribution in [2.45, 2.75) is 11.4 Å². The number of anilines is 1. The van der Waals surface area contributed by atoms with E-state index in [-0.39, 0.29) is 9.56 Å². The van der Waals surface area contributed by atoms with Crippen LogP contribution in [-0.4, -0.2) is 15.5 Å². The number of hydrogen-bond donors (Lipinski definition) is 2. The van der Waals surface area contributed by atoms with Crippen molar-refractivity contribution in [2.75, 3.05) is 11.8 Å². The highest BCUT2D eigenvalue weighted by atomic mass is 79.9. The lowest BCUT2D eigenvalue weighted by Crippen LogP contribution is -2.12. The summed E-state index contributed by atoms with van der Waals surface area (Å²) in [6.07, 6.45) is 0. The van der Waals surface area contributed by atoms with Crippen LogP contribution < -0.4 is 10.0 Å². The highest BCUT2D eigenvalue weighted by Gasteiger charge is 2.22. The van der Waals surface area contributed by atoms with Gasteiger partial charge < -0.3 is 9.73 Å². The molecule has 0 saturated heterocycles. The number of nitrogens with one attached hydrogen (secondary N) is 2. The summed E-state index contributed by atoms with van der Waals surface area (Å²) in [5.41, 5.74) is 0.390. The van der Waals surface area contributed by atoms with Gasteiger partial charge in [-0.1, -0.05) is 17.7 Å². The van der Waals surface area contributed by atoms with Gasteiger partial charge in [0.05, 0.1) is 12.2 Å². The van der Waals surface area contributed by atoms with Gasteiger partial charge in [-0.05, 0) is 41.2 Å². The minimum atomic E-state index is -3.74. The molecule has 0 aliphatic rings. The molecule has 2 N–H and O–H groups in total. The molecule has 0 saturated carbocycles. The molecule has 5 nitrogen and oxygen atoms in total. The first-order valence-corrected chi connectivity index (χ1v) is 8.29. The molecule has 20 heavy (non-hydrogen) atoms. The third kappa shape index (κ3) is 3.54. The third-order valence-corrected chi connectivity index (χ3v) is 4.90. The molecule has 1 aromatic heterocycles. The molecule has 0 amide bonds. The van der Waals surface area contributed by atoms with Crippen LogP contribution in [0.2, 0.25) is 5.02 Å². The number of hydrogen-bond acceptors (Lipinski definition) is 4. The zero-order valence-corrected chi connectivity index (χ0v) is 13.6. The van der Waals surface area contributed by atoms with Gasteiger partial charge in [0, 0.05) is 11.1 Å². The second kappa shape index (κ2) is 6.17. The Bertz CT molecular complexity index is 715. The molecule has 0 aliphatic carbocycles. The van der Waals surface area contributed by atoms with Gasteiger partial charge in [-0.25, -0.2) is 8.42 Å². The van der Waals surface area contributed by atoms with Crippen LogP contribution in [0.1, 0.15) is 5.76 Å². The van der Waals surface area contributed by atoms with Gasteiger partial charge in [0.25, 0.3) is 10.0 Å². The molecule has 8 heteroatoms. The summed E-state index contributed by atoms with van der Waals surface area (Å²) in [6.45, 7) is 0.436. The van der Waals surface area contributed by atoms with Crippen LogP contribution in [0.5, 0.6) is 0 Å². The van der Waals surface area contributed by atoms with E-state index in [0.29, 0.717) is 23.0 Å². The van der Waals surface area contributed by atoms with E-state index in [1.807, 2.05) is 0 Å². The Morgan fingerprint density at radius 2 is 2.10 bits per heavy atom. The number of benzene rings is 1. The van der Waals surface area contributed by atoms with Crippen LogP contribution in [0.3, 0.4) is 0 Å². The largest absolute Gasteiger partial charge is 0.451 e. The lowest BCUT2D eigenvalue weighted by atomic mass is 10.3. The molecule has 0 radical (unpaired) electrons. The SMILES string of the molecule is CNCc1cc(S(=O)(=O)Nc2cccc(Cl)c2)c(Br)o1. The molecule has 0 unspecified atom stereocenters. The fourth-order valence-corrected chi connectivity index (χ4v) is 3.84. The number of halogens is 2. The smallest absolute Gasteiger partial charge is 0.266 e. The van der Waals surface area contributed by atoms with Crippen molar-refractivity contribution < 1.29 is 12.8 Å². The summed E-state index contributed by atoms with van der Waals surface area (Å²) >= 11 is 8.94. The predicted octanol–water partition coefficient (Wildman–Crippen LogP) is 3.22. The number of rotatable bonds is 5. The summed E-state index contributed by atoms with van der Waals surface area (Å²) in [4.78, 5) is 0.0442. The van der Waals surface area contributed by atoms with E-state index in [4.69, 9.17) is 16.0 Å². The zero-order valence-electron chi connectivity index (χ0n) is 10.5. The summed E-state index contributed by atoms with van der Waals surface area (Å²) in [5.74, 6) is 0.519. The Labute approximate surface area is 130 Å². The van der Waals surface area contributed by atoms with Gasteiger partial charge in [0.15, 0.2) is 4.67 Å². The summed E-state index contributed by atoms with van der Waals surface area (Å²) in [5, 5.41) is 3.34. The van der Waals surface area contributed by atoms with Crippen molar-refractivity contribution >= 4 is 43.2 Å². The molecular formula is C12H12BrClN2O3S. The first kappa shape index (κ1) is 15.4. The van der Waals surface area contributed by atoms with Gasteiger partial charge in [0.1, 0.15) is 10.7 Å². The Morgan fingerprint density at radius 1 is 1.35 bits per heavy atom. The van der Waals surface area contributed by atoms with Gasteiger partial charge in [-0.2, -0.15) is 0 Å². The molecule has 0 fully saturated rings. The maximum absolute atomic E-state index is 12.3. The van der Waals surface area contributed by atoms with Gasteiger partial charge in [-0.3, -0.25) is 4.72 Å². The monoisotopic (exact) mass is 378 g/mol. The first-order chi connectivity index (χ1) is 9.42. The molecule has 0 aliphatic heterocycles. The Kier molecular flexibility index (Phi) is 4.74. The molecular weight excluding hydrogens is 368 g/mol. The zero-order chi connectivity index (χ0) is 14.8. The molecule has 2 rings (SSSR count). The van der Waals surface area contributed by atoms with Crippen LogP contribution in [0.15, 0.2) is 44.3 Å². The van der Waals surface area contributed by atoms with Crippen molar-refractivity contribution in [1.29, 1.82) is 0 Å². The fraction of sp³-hybridized carbons (Fsp3) is 0.167. The van der Waals surface area contributed by atoms with Gasteiger partial charge in [-0.15, -0.1) is 0 Å². The fourth-order valence-electron chi connectivity index (χ4n) is 1.60. The average molecular weight is 380 g/mol. The van der Waals surface area contributed by atoms with Gasteiger partial charge >= 0.3 is 0 Å². The van der Waals surface area contributed by atoms with E-state index >= 15 is 0 Å². The van der Waals surface area contributed by atoms with Crippen molar-refractivity contribution in [3.8, 4) is 0 Å². The normalized spacial score (nSPS) is 11.6. The van der Waals surface area contributed by atoms with E-state index in [0.717, 1.165) is 0 Å². The maximum atomic E-state index is 12.3. The van der Waals surface area contributed by atoms with Crippen LogP contribution in [0.4, 0.5) is 5.69 Å². The molecule has 0 atom stereocenters.